The molecule has 86 valence electrons. The van der Waals surface area contributed by atoms with Crippen molar-refractivity contribution in [2.45, 2.75) is 26.8 Å². The Hall–Kier alpha value is -0.940. The van der Waals surface area contributed by atoms with Gasteiger partial charge in [0.2, 0.25) is 5.89 Å². The topological polar surface area (TPSA) is 60.2 Å². The molecule has 1 aromatic rings. The lowest BCUT2D eigenvalue weighted by atomic mass is 10.0. The molecule has 0 aliphatic rings. The summed E-state index contributed by atoms with van der Waals surface area (Å²) in [6.45, 7) is 7.50. The van der Waals surface area contributed by atoms with Crippen molar-refractivity contribution in [2.24, 2.45) is 5.92 Å². The van der Waals surface area contributed by atoms with Gasteiger partial charge in [-0.15, -0.1) is 0 Å². The van der Waals surface area contributed by atoms with Crippen LogP contribution < -0.4 is 5.32 Å². The summed E-state index contributed by atoms with van der Waals surface area (Å²) in [4.78, 5) is 4.23. The number of nitrogens with one attached hydrogen (secondary N) is 1. The number of hydrogen-bond acceptors (Lipinski definition) is 5. The van der Waals surface area contributed by atoms with Crippen molar-refractivity contribution in [1.82, 2.24) is 15.5 Å². The third kappa shape index (κ3) is 3.60. The highest BCUT2D eigenvalue weighted by atomic mass is 16.5. The second-order valence-corrected chi connectivity index (χ2v) is 3.85. The van der Waals surface area contributed by atoms with E-state index in [9.17, 15) is 0 Å². The molecule has 0 saturated carbocycles. The van der Waals surface area contributed by atoms with Crippen molar-refractivity contribution >= 4 is 0 Å². The largest absolute Gasteiger partial charge is 0.383 e. The van der Waals surface area contributed by atoms with E-state index in [1.807, 2.05) is 6.92 Å². The number of hydrogen-bond donors (Lipinski definition) is 1. The predicted octanol–water partition coefficient (Wildman–Crippen LogP) is 1.31. The number of aryl methyl sites for hydroxylation is 1. The van der Waals surface area contributed by atoms with Gasteiger partial charge in [-0.25, -0.2) is 0 Å². The van der Waals surface area contributed by atoms with E-state index >= 15 is 0 Å². The van der Waals surface area contributed by atoms with Crippen LogP contribution in [0.5, 0.6) is 0 Å². The summed E-state index contributed by atoms with van der Waals surface area (Å²) in [6, 6.07) is 0.0985. The van der Waals surface area contributed by atoms with Gasteiger partial charge in [-0.05, 0) is 12.8 Å². The lowest BCUT2D eigenvalue weighted by Gasteiger charge is -2.18. The lowest BCUT2D eigenvalue weighted by Crippen LogP contribution is -2.29. The molecule has 0 saturated heterocycles. The van der Waals surface area contributed by atoms with Crippen LogP contribution in [0.3, 0.4) is 0 Å². The molecule has 0 aliphatic heterocycles. The van der Waals surface area contributed by atoms with Crippen LogP contribution in [0, 0.1) is 12.8 Å². The Morgan fingerprint density at radius 1 is 1.47 bits per heavy atom. The van der Waals surface area contributed by atoms with Gasteiger partial charge in [0, 0.05) is 13.7 Å². The average Bonchev–Trinajstić information content (AvgIpc) is 2.59. The van der Waals surface area contributed by atoms with Crippen LogP contribution in [0.1, 0.15) is 31.6 Å². The van der Waals surface area contributed by atoms with E-state index in [1.54, 1.807) is 7.11 Å². The predicted molar refractivity (Wildman–Crippen MR) is 56.5 cm³/mol. The molecule has 0 spiro atoms. The van der Waals surface area contributed by atoms with E-state index in [2.05, 4.69) is 29.3 Å². The van der Waals surface area contributed by atoms with Crippen LogP contribution in [0.4, 0.5) is 0 Å². The first kappa shape index (κ1) is 12.1. The Morgan fingerprint density at radius 2 is 2.20 bits per heavy atom. The van der Waals surface area contributed by atoms with E-state index in [-0.39, 0.29) is 6.04 Å². The number of rotatable bonds is 6. The highest BCUT2D eigenvalue weighted by Crippen LogP contribution is 2.19. The molecular weight excluding hydrogens is 194 g/mol. The first-order chi connectivity index (χ1) is 7.15. The summed E-state index contributed by atoms with van der Waals surface area (Å²) in [7, 11) is 1.68. The molecular formula is C10H19N3O2. The van der Waals surface area contributed by atoms with Crippen molar-refractivity contribution in [1.29, 1.82) is 0 Å². The van der Waals surface area contributed by atoms with Gasteiger partial charge in [0.25, 0.3) is 0 Å². The maximum Gasteiger partial charge on any atom is 0.244 e. The minimum Gasteiger partial charge on any atom is -0.383 e. The Labute approximate surface area is 90.2 Å². The molecule has 15 heavy (non-hydrogen) atoms. The van der Waals surface area contributed by atoms with Crippen LogP contribution in [-0.2, 0) is 4.74 Å². The van der Waals surface area contributed by atoms with E-state index < -0.39 is 0 Å². The molecule has 0 bridgehead atoms. The highest BCUT2D eigenvalue weighted by molar-refractivity contribution is 4.92. The van der Waals surface area contributed by atoms with E-state index in [0.29, 0.717) is 24.2 Å². The summed E-state index contributed by atoms with van der Waals surface area (Å²) in [5.74, 6) is 1.73. The Kier molecular flexibility index (Phi) is 4.71. The summed E-state index contributed by atoms with van der Waals surface area (Å²) >= 11 is 0. The third-order valence-electron chi connectivity index (χ3n) is 2.15. The average molecular weight is 213 g/mol. The molecule has 0 radical (unpaired) electrons. The molecule has 5 heteroatoms. The molecule has 0 aromatic carbocycles. The van der Waals surface area contributed by atoms with Gasteiger partial charge >= 0.3 is 0 Å². The van der Waals surface area contributed by atoms with Crippen molar-refractivity contribution in [2.75, 3.05) is 20.3 Å². The second kappa shape index (κ2) is 5.82. The Balaban J connectivity index is 2.58. The van der Waals surface area contributed by atoms with Crippen molar-refractivity contribution in [3.63, 3.8) is 0 Å². The smallest absolute Gasteiger partial charge is 0.244 e. The minimum absolute atomic E-state index is 0.0985. The third-order valence-corrected chi connectivity index (χ3v) is 2.15. The van der Waals surface area contributed by atoms with E-state index in [4.69, 9.17) is 9.26 Å². The standard InChI is InChI=1S/C10H19N3O2/c1-7(2)9(11-5-6-14-4)10-12-8(3)13-15-10/h7,9,11H,5-6H2,1-4H3/t9-/m1/s1. The number of aromatic nitrogens is 2. The molecule has 1 N–H and O–H groups in total. The van der Waals surface area contributed by atoms with Crippen LogP contribution in [0.2, 0.25) is 0 Å². The number of nitrogens with zero attached hydrogens (tertiary/aromatic N) is 2. The van der Waals surface area contributed by atoms with Crippen LogP contribution >= 0.6 is 0 Å². The van der Waals surface area contributed by atoms with Gasteiger partial charge in [0.1, 0.15) is 0 Å². The monoisotopic (exact) mass is 213 g/mol. The van der Waals surface area contributed by atoms with E-state index in [0.717, 1.165) is 6.54 Å². The summed E-state index contributed by atoms with van der Waals surface area (Å²) in [6.07, 6.45) is 0. The fraction of sp³-hybridized carbons (Fsp3) is 0.800. The van der Waals surface area contributed by atoms with Gasteiger partial charge in [-0.1, -0.05) is 19.0 Å². The Morgan fingerprint density at radius 3 is 2.67 bits per heavy atom. The summed E-state index contributed by atoms with van der Waals surface area (Å²) < 4.78 is 10.1. The zero-order chi connectivity index (χ0) is 11.3. The molecule has 1 rings (SSSR count). The molecule has 1 aromatic heterocycles. The molecule has 1 heterocycles. The van der Waals surface area contributed by atoms with Gasteiger partial charge in [0.15, 0.2) is 5.82 Å². The van der Waals surface area contributed by atoms with Gasteiger partial charge in [-0.2, -0.15) is 4.98 Å². The second-order valence-electron chi connectivity index (χ2n) is 3.85. The zero-order valence-corrected chi connectivity index (χ0v) is 9.78. The summed E-state index contributed by atoms with van der Waals surface area (Å²) in [5.41, 5.74) is 0. The fourth-order valence-corrected chi connectivity index (χ4v) is 1.36. The van der Waals surface area contributed by atoms with Crippen molar-refractivity contribution in [3.05, 3.63) is 11.7 Å². The maximum absolute atomic E-state index is 5.15. The first-order valence-electron chi connectivity index (χ1n) is 5.17. The van der Waals surface area contributed by atoms with E-state index in [1.165, 1.54) is 0 Å². The van der Waals surface area contributed by atoms with Gasteiger partial charge in [0.05, 0.1) is 12.6 Å². The maximum atomic E-state index is 5.15. The molecule has 0 unspecified atom stereocenters. The minimum atomic E-state index is 0.0985. The highest BCUT2D eigenvalue weighted by Gasteiger charge is 2.20. The molecule has 0 aliphatic carbocycles. The molecule has 5 nitrogen and oxygen atoms in total. The SMILES string of the molecule is COCCN[C@@H](c1nc(C)no1)C(C)C. The van der Waals surface area contributed by atoms with Gasteiger partial charge < -0.3 is 14.6 Å². The quantitative estimate of drug-likeness (QED) is 0.722. The number of ether oxygens (including phenoxy) is 1. The van der Waals surface area contributed by atoms with Crippen molar-refractivity contribution in [3.8, 4) is 0 Å². The zero-order valence-electron chi connectivity index (χ0n) is 9.78. The molecule has 1 atom stereocenters. The van der Waals surface area contributed by atoms with Crippen LogP contribution in [0.15, 0.2) is 4.52 Å². The molecule has 0 amide bonds. The molecule has 0 fully saturated rings. The Bertz CT molecular complexity index is 286. The lowest BCUT2D eigenvalue weighted by molar-refractivity contribution is 0.186. The van der Waals surface area contributed by atoms with Gasteiger partial charge in [-0.3, -0.25) is 0 Å². The van der Waals surface area contributed by atoms with Crippen LogP contribution in [0.25, 0.3) is 0 Å². The summed E-state index contributed by atoms with van der Waals surface area (Å²) in [5, 5.41) is 7.12. The van der Waals surface area contributed by atoms with Crippen LogP contribution in [-0.4, -0.2) is 30.4 Å². The first-order valence-corrected chi connectivity index (χ1v) is 5.17. The fourth-order valence-electron chi connectivity index (χ4n) is 1.36. The number of methoxy groups -OCH3 is 1. The van der Waals surface area contributed by atoms with Crippen molar-refractivity contribution < 1.29 is 9.26 Å². The normalized spacial score (nSPS) is 13.4.